The SMILES string of the molecule is C=C1C(c2cccc(C)c2)=CC2=C(CC[C@H](CC3=C(N)Cc4ccccc43)C2)C1CCn1ccc(N)n1. The lowest BCUT2D eigenvalue weighted by Crippen LogP contribution is -2.22. The fourth-order valence-electron chi connectivity index (χ4n) is 6.63. The second-order valence-corrected chi connectivity index (χ2v) is 11.0. The lowest BCUT2D eigenvalue weighted by molar-refractivity contribution is 0.431. The summed E-state index contributed by atoms with van der Waals surface area (Å²) in [5.41, 5.74) is 25.8. The summed E-state index contributed by atoms with van der Waals surface area (Å²) in [6, 6.07) is 19.4. The molecule has 0 fully saturated rings. The molecule has 0 bridgehead atoms. The minimum atomic E-state index is 0.332. The van der Waals surface area contributed by atoms with E-state index in [0.717, 1.165) is 44.3 Å². The van der Waals surface area contributed by atoms with Gasteiger partial charge >= 0.3 is 0 Å². The number of rotatable bonds is 6. The summed E-state index contributed by atoms with van der Waals surface area (Å²) >= 11 is 0. The van der Waals surface area contributed by atoms with Crippen LogP contribution in [-0.2, 0) is 13.0 Å². The molecule has 0 aliphatic heterocycles. The van der Waals surface area contributed by atoms with Gasteiger partial charge in [0.1, 0.15) is 5.82 Å². The first kappa shape index (κ1) is 23.6. The zero-order valence-electron chi connectivity index (χ0n) is 21.7. The number of aryl methyl sites for hydroxylation is 2. The first-order valence-electron chi connectivity index (χ1n) is 13.5. The maximum Gasteiger partial charge on any atom is 0.145 e. The molecule has 37 heavy (non-hydrogen) atoms. The predicted octanol–water partition coefficient (Wildman–Crippen LogP) is 6.85. The minimum absolute atomic E-state index is 0.332. The highest BCUT2D eigenvalue weighted by Gasteiger charge is 2.33. The molecule has 4 N–H and O–H groups in total. The summed E-state index contributed by atoms with van der Waals surface area (Å²) in [7, 11) is 0. The number of anilines is 1. The summed E-state index contributed by atoms with van der Waals surface area (Å²) in [5, 5.41) is 4.43. The van der Waals surface area contributed by atoms with Gasteiger partial charge in [0, 0.05) is 30.8 Å². The summed E-state index contributed by atoms with van der Waals surface area (Å²) in [4.78, 5) is 0. The van der Waals surface area contributed by atoms with Crippen LogP contribution in [0.1, 0.15) is 54.4 Å². The van der Waals surface area contributed by atoms with Gasteiger partial charge in [-0.15, -0.1) is 0 Å². The summed E-state index contributed by atoms with van der Waals surface area (Å²) in [6.07, 6.45) is 10.8. The van der Waals surface area contributed by atoms with Gasteiger partial charge in [-0.2, -0.15) is 5.10 Å². The Morgan fingerprint density at radius 3 is 2.76 bits per heavy atom. The first-order chi connectivity index (χ1) is 18.0. The van der Waals surface area contributed by atoms with Crippen LogP contribution < -0.4 is 11.5 Å². The van der Waals surface area contributed by atoms with E-state index < -0.39 is 0 Å². The Morgan fingerprint density at radius 2 is 1.95 bits per heavy atom. The van der Waals surface area contributed by atoms with Gasteiger partial charge in [0.2, 0.25) is 0 Å². The van der Waals surface area contributed by atoms with Crippen LogP contribution in [0.4, 0.5) is 5.82 Å². The van der Waals surface area contributed by atoms with Crippen LogP contribution in [0.5, 0.6) is 0 Å². The molecule has 0 saturated carbocycles. The van der Waals surface area contributed by atoms with Gasteiger partial charge < -0.3 is 11.5 Å². The molecule has 6 rings (SSSR count). The molecule has 0 spiro atoms. The normalized spacial score (nSPS) is 21.2. The molecule has 1 aromatic heterocycles. The zero-order valence-corrected chi connectivity index (χ0v) is 21.7. The average molecular weight is 489 g/mol. The van der Waals surface area contributed by atoms with Crippen LogP contribution in [0.2, 0.25) is 0 Å². The molecule has 4 nitrogen and oxygen atoms in total. The topological polar surface area (TPSA) is 69.9 Å². The number of hydrogen-bond acceptors (Lipinski definition) is 3. The number of fused-ring (bicyclic) bond motifs is 1. The van der Waals surface area contributed by atoms with E-state index in [1.54, 1.807) is 5.57 Å². The van der Waals surface area contributed by atoms with Crippen molar-refractivity contribution in [3.63, 3.8) is 0 Å². The highest BCUT2D eigenvalue weighted by Crippen LogP contribution is 2.48. The van der Waals surface area contributed by atoms with Gasteiger partial charge in [0.25, 0.3) is 0 Å². The molecule has 1 heterocycles. The molecule has 3 aliphatic carbocycles. The maximum atomic E-state index is 6.55. The summed E-state index contributed by atoms with van der Waals surface area (Å²) in [5.74, 6) is 1.51. The Kier molecular flexibility index (Phi) is 6.11. The van der Waals surface area contributed by atoms with Gasteiger partial charge in [-0.3, -0.25) is 4.68 Å². The predicted molar refractivity (Wildman–Crippen MR) is 153 cm³/mol. The van der Waals surface area contributed by atoms with Gasteiger partial charge in [-0.25, -0.2) is 0 Å². The van der Waals surface area contributed by atoms with Crippen LogP contribution in [0.25, 0.3) is 11.1 Å². The fraction of sp³-hybridized carbons (Fsp3) is 0.303. The van der Waals surface area contributed by atoms with E-state index in [1.165, 1.54) is 51.0 Å². The average Bonchev–Trinajstić information content (AvgIpc) is 3.45. The molecule has 3 aromatic rings. The second-order valence-electron chi connectivity index (χ2n) is 11.0. The third-order valence-electron chi connectivity index (χ3n) is 8.49. The van der Waals surface area contributed by atoms with Gasteiger partial charge in [0.05, 0.1) is 0 Å². The molecule has 0 radical (unpaired) electrons. The Morgan fingerprint density at radius 1 is 1.08 bits per heavy atom. The smallest absolute Gasteiger partial charge is 0.145 e. The molecular formula is C33H36N4. The van der Waals surface area contributed by atoms with Crippen molar-refractivity contribution in [2.45, 2.75) is 52.0 Å². The van der Waals surface area contributed by atoms with E-state index in [2.05, 4.69) is 73.2 Å². The highest BCUT2D eigenvalue weighted by molar-refractivity contribution is 5.84. The van der Waals surface area contributed by atoms with Crippen LogP contribution in [0.3, 0.4) is 0 Å². The molecule has 1 unspecified atom stereocenters. The van der Waals surface area contributed by atoms with Crippen molar-refractivity contribution in [3.05, 3.63) is 118 Å². The summed E-state index contributed by atoms with van der Waals surface area (Å²) in [6.45, 7) is 7.64. The van der Waals surface area contributed by atoms with Crippen molar-refractivity contribution in [2.24, 2.45) is 17.6 Å². The van der Waals surface area contributed by atoms with Gasteiger partial charge in [-0.05, 0) is 90.0 Å². The van der Waals surface area contributed by atoms with Crippen molar-refractivity contribution in [1.82, 2.24) is 9.78 Å². The standard InChI is InChI=1S/C33H36N4/c1-21-6-5-8-24(16-21)30-19-26-17-23(18-31-28-9-4-3-7-25(28)20-32(31)34)10-11-29(26)27(22(30)2)12-14-37-15-13-33(35)36-37/h3-9,13,15-16,19,23,27H,2,10-12,14,17-18,20,34H2,1H3,(H2,35,36)/t23-,27?/m0/s1. The number of nitrogens with two attached hydrogens (primary N) is 2. The number of nitrogens with zero attached hydrogens (tertiary/aromatic N) is 2. The Bertz CT molecular complexity index is 1460. The zero-order chi connectivity index (χ0) is 25.5. The van der Waals surface area contributed by atoms with Crippen LogP contribution >= 0.6 is 0 Å². The first-order valence-corrected chi connectivity index (χ1v) is 13.5. The van der Waals surface area contributed by atoms with E-state index in [-0.39, 0.29) is 0 Å². The largest absolute Gasteiger partial charge is 0.402 e. The van der Waals surface area contributed by atoms with E-state index in [4.69, 9.17) is 11.5 Å². The number of allylic oxidation sites excluding steroid dienone is 7. The maximum absolute atomic E-state index is 6.55. The third kappa shape index (κ3) is 4.57. The quantitative estimate of drug-likeness (QED) is 0.399. The highest BCUT2D eigenvalue weighted by atomic mass is 15.3. The molecular weight excluding hydrogens is 452 g/mol. The number of aromatic nitrogens is 2. The minimum Gasteiger partial charge on any atom is -0.402 e. The Hall–Kier alpha value is -3.79. The van der Waals surface area contributed by atoms with Gasteiger partial charge in [-0.1, -0.05) is 72.3 Å². The monoisotopic (exact) mass is 488 g/mol. The molecule has 2 atom stereocenters. The van der Waals surface area contributed by atoms with E-state index in [0.29, 0.717) is 17.7 Å². The fourth-order valence-corrected chi connectivity index (χ4v) is 6.63. The second kappa shape index (κ2) is 9.59. The van der Waals surface area contributed by atoms with Crippen molar-refractivity contribution in [1.29, 1.82) is 0 Å². The molecule has 0 saturated heterocycles. The van der Waals surface area contributed by atoms with Crippen molar-refractivity contribution in [3.8, 4) is 0 Å². The van der Waals surface area contributed by atoms with E-state index in [9.17, 15) is 0 Å². The van der Waals surface area contributed by atoms with Crippen LogP contribution in [0, 0.1) is 18.8 Å². The Labute approximate surface area is 220 Å². The number of hydrogen-bond donors (Lipinski definition) is 2. The molecule has 0 amide bonds. The van der Waals surface area contributed by atoms with Crippen LogP contribution in [-0.4, -0.2) is 9.78 Å². The van der Waals surface area contributed by atoms with E-state index >= 15 is 0 Å². The van der Waals surface area contributed by atoms with Crippen molar-refractivity contribution in [2.75, 3.05) is 5.73 Å². The number of nitrogen functional groups attached to an aromatic ring is 1. The van der Waals surface area contributed by atoms with Crippen molar-refractivity contribution >= 4 is 17.0 Å². The van der Waals surface area contributed by atoms with Crippen LogP contribution in [0.15, 0.2) is 95.9 Å². The molecule has 188 valence electrons. The molecule has 2 aromatic carbocycles. The molecule has 3 aliphatic rings. The van der Waals surface area contributed by atoms with E-state index in [1.807, 2.05) is 16.9 Å². The summed E-state index contributed by atoms with van der Waals surface area (Å²) < 4.78 is 1.96. The lowest BCUT2D eigenvalue weighted by atomic mass is 9.68. The Balaban J connectivity index is 1.30. The number of benzene rings is 2. The third-order valence-corrected chi connectivity index (χ3v) is 8.49. The van der Waals surface area contributed by atoms with Gasteiger partial charge in [0.15, 0.2) is 0 Å². The molecule has 4 heteroatoms. The lowest BCUT2D eigenvalue weighted by Gasteiger charge is -2.36. The van der Waals surface area contributed by atoms with Crippen molar-refractivity contribution < 1.29 is 0 Å².